The van der Waals surface area contributed by atoms with Crippen LogP contribution in [-0.2, 0) is 21.4 Å². The fraction of sp³-hybridized carbons (Fsp3) is 0.231. The molecule has 1 saturated heterocycles. The van der Waals surface area contributed by atoms with E-state index in [9.17, 15) is 9.59 Å². The second-order valence-corrected chi connectivity index (χ2v) is 4.26. The first-order valence-electron chi connectivity index (χ1n) is 5.45. The van der Waals surface area contributed by atoms with Crippen LogP contribution in [0.4, 0.5) is 0 Å². The largest absolute Gasteiger partial charge is 0.393 e. The van der Waals surface area contributed by atoms with Crippen LogP contribution in [-0.4, -0.2) is 16.5 Å². The van der Waals surface area contributed by atoms with Crippen molar-refractivity contribution in [1.82, 2.24) is 4.57 Å². The number of hydrogen-bond acceptors (Lipinski definition) is 3. The van der Waals surface area contributed by atoms with Crippen LogP contribution in [0.5, 0.6) is 0 Å². The number of esters is 2. The minimum Gasteiger partial charge on any atom is -0.393 e. The lowest BCUT2D eigenvalue weighted by molar-refractivity contribution is -0.152. The van der Waals surface area contributed by atoms with Gasteiger partial charge in [-0.15, -0.1) is 0 Å². The molecular formula is C13H11NO3. The van der Waals surface area contributed by atoms with Crippen LogP contribution in [0.3, 0.4) is 0 Å². The molecule has 0 bridgehead atoms. The van der Waals surface area contributed by atoms with Crippen molar-refractivity contribution in [2.24, 2.45) is 7.05 Å². The van der Waals surface area contributed by atoms with E-state index in [1.807, 2.05) is 42.1 Å². The minimum atomic E-state index is -0.459. The number of cyclic esters (lactones) is 2. The normalized spacial score (nSPS) is 19.9. The van der Waals surface area contributed by atoms with E-state index in [2.05, 4.69) is 4.74 Å². The predicted molar refractivity (Wildman–Crippen MR) is 61.4 cm³/mol. The monoisotopic (exact) mass is 229 g/mol. The molecule has 2 heterocycles. The minimum absolute atomic E-state index is 0.142. The van der Waals surface area contributed by atoms with Gasteiger partial charge in [-0.3, -0.25) is 9.59 Å². The van der Waals surface area contributed by atoms with Crippen molar-refractivity contribution in [2.75, 3.05) is 0 Å². The lowest BCUT2D eigenvalue weighted by Gasteiger charge is -2.08. The second kappa shape index (κ2) is 3.45. The molecule has 0 saturated carbocycles. The van der Waals surface area contributed by atoms with Crippen LogP contribution in [0, 0.1) is 0 Å². The molecule has 0 amide bonds. The Labute approximate surface area is 97.8 Å². The molecule has 1 aliphatic rings. The van der Waals surface area contributed by atoms with Gasteiger partial charge in [-0.2, -0.15) is 0 Å². The van der Waals surface area contributed by atoms with Crippen LogP contribution in [0.2, 0.25) is 0 Å². The summed E-state index contributed by atoms with van der Waals surface area (Å²) in [5.74, 6) is -1.34. The second-order valence-electron chi connectivity index (χ2n) is 4.26. The fourth-order valence-electron chi connectivity index (χ4n) is 2.38. The van der Waals surface area contributed by atoms with Crippen LogP contribution in [0.15, 0.2) is 30.5 Å². The molecule has 2 aromatic rings. The maximum atomic E-state index is 11.6. The average molecular weight is 229 g/mol. The first-order valence-corrected chi connectivity index (χ1v) is 5.45. The number of carbonyl (C=O) groups excluding carboxylic acids is 2. The summed E-state index contributed by atoms with van der Waals surface area (Å²) in [6, 6.07) is 7.75. The van der Waals surface area contributed by atoms with E-state index >= 15 is 0 Å². The van der Waals surface area contributed by atoms with E-state index < -0.39 is 17.9 Å². The van der Waals surface area contributed by atoms with Crippen molar-refractivity contribution in [3.05, 3.63) is 36.0 Å². The fourth-order valence-corrected chi connectivity index (χ4v) is 2.38. The Morgan fingerprint density at radius 2 is 2.12 bits per heavy atom. The molecule has 86 valence electrons. The predicted octanol–water partition coefficient (Wildman–Crippen LogP) is 1.74. The van der Waals surface area contributed by atoms with Gasteiger partial charge in [-0.25, -0.2) is 0 Å². The Morgan fingerprint density at radius 3 is 2.82 bits per heavy atom. The molecule has 1 fully saturated rings. The zero-order valence-corrected chi connectivity index (χ0v) is 9.34. The number of benzene rings is 1. The van der Waals surface area contributed by atoms with Crippen LogP contribution in [0.25, 0.3) is 10.9 Å². The SMILES string of the molecule is Cn1ccc2cccc(C3CC(=O)OC3=O)c21. The Kier molecular flexibility index (Phi) is 2.04. The Hall–Kier alpha value is -2.10. The summed E-state index contributed by atoms with van der Waals surface area (Å²) in [6.07, 6.45) is 2.08. The molecule has 0 aliphatic carbocycles. The van der Waals surface area contributed by atoms with Crippen LogP contribution < -0.4 is 0 Å². The molecule has 1 aromatic heterocycles. The lowest BCUT2D eigenvalue weighted by Crippen LogP contribution is -2.07. The molecule has 4 nitrogen and oxygen atoms in total. The third-order valence-electron chi connectivity index (χ3n) is 3.17. The summed E-state index contributed by atoms with van der Waals surface area (Å²) in [7, 11) is 1.92. The molecule has 4 heteroatoms. The van der Waals surface area contributed by atoms with Gasteiger partial charge in [0.2, 0.25) is 0 Å². The summed E-state index contributed by atoms with van der Waals surface area (Å²) >= 11 is 0. The van der Waals surface area contributed by atoms with E-state index in [1.54, 1.807) is 0 Å². The highest BCUT2D eigenvalue weighted by Gasteiger charge is 2.35. The maximum absolute atomic E-state index is 11.6. The van der Waals surface area contributed by atoms with E-state index in [0.717, 1.165) is 16.5 Å². The summed E-state index contributed by atoms with van der Waals surface area (Å²) in [6.45, 7) is 0. The summed E-state index contributed by atoms with van der Waals surface area (Å²) in [5, 5.41) is 1.07. The molecule has 0 radical (unpaired) electrons. The maximum Gasteiger partial charge on any atom is 0.321 e. The molecule has 1 unspecified atom stereocenters. The lowest BCUT2D eigenvalue weighted by atomic mass is 9.95. The van der Waals surface area contributed by atoms with E-state index in [4.69, 9.17) is 0 Å². The van der Waals surface area contributed by atoms with Gasteiger partial charge >= 0.3 is 11.9 Å². The first kappa shape index (κ1) is 10.1. The summed E-state index contributed by atoms with van der Waals surface area (Å²) in [4.78, 5) is 22.8. The quantitative estimate of drug-likeness (QED) is 0.552. The van der Waals surface area contributed by atoms with Gasteiger partial charge in [0.25, 0.3) is 0 Å². The number of ether oxygens (including phenoxy) is 1. The van der Waals surface area contributed by atoms with E-state index in [-0.39, 0.29) is 6.42 Å². The van der Waals surface area contributed by atoms with Crippen molar-refractivity contribution in [3.63, 3.8) is 0 Å². The number of carbonyl (C=O) groups is 2. The average Bonchev–Trinajstić information content (AvgIpc) is 2.83. The van der Waals surface area contributed by atoms with Crippen molar-refractivity contribution in [2.45, 2.75) is 12.3 Å². The number of aryl methyl sites for hydroxylation is 1. The van der Waals surface area contributed by atoms with E-state index in [1.165, 1.54) is 0 Å². The number of nitrogens with zero attached hydrogens (tertiary/aromatic N) is 1. The molecule has 17 heavy (non-hydrogen) atoms. The van der Waals surface area contributed by atoms with Gasteiger partial charge in [0.1, 0.15) is 0 Å². The molecular weight excluding hydrogens is 218 g/mol. The number of hydrogen-bond donors (Lipinski definition) is 0. The highest BCUT2D eigenvalue weighted by Crippen LogP contribution is 2.32. The number of para-hydroxylation sites is 1. The molecule has 1 aliphatic heterocycles. The van der Waals surface area contributed by atoms with Crippen LogP contribution >= 0.6 is 0 Å². The zero-order chi connectivity index (χ0) is 12.0. The van der Waals surface area contributed by atoms with Crippen LogP contribution in [0.1, 0.15) is 17.9 Å². The van der Waals surface area contributed by atoms with Crippen molar-refractivity contribution in [3.8, 4) is 0 Å². The van der Waals surface area contributed by atoms with Crippen molar-refractivity contribution >= 4 is 22.8 Å². The third-order valence-corrected chi connectivity index (χ3v) is 3.17. The molecule has 0 N–H and O–H groups in total. The standard InChI is InChI=1S/C13H11NO3/c1-14-6-5-8-3-2-4-9(12(8)14)10-7-11(15)17-13(10)16/h2-6,10H,7H2,1H3. The summed E-state index contributed by atoms with van der Waals surface area (Å²) < 4.78 is 6.57. The topological polar surface area (TPSA) is 48.3 Å². The highest BCUT2D eigenvalue weighted by atomic mass is 16.6. The van der Waals surface area contributed by atoms with Gasteiger partial charge in [0.15, 0.2) is 0 Å². The number of rotatable bonds is 1. The Morgan fingerprint density at radius 1 is 1.29 bits per heavy atom. The van der Waals surface area contributed by atoms with Gasteiger partial charge in [0, 0.05) is 13.2 Å². The highest BCUT2D eigenvalue weighted by molar-refractivity contribution is 6.00. The molecule has 3 rings (SSSR count). The van der Waals surface area contributed by atoms with Crippen molar-refractivity contribution < 1.29 is 14.3 Å². The third kappa shape index (κ3) is 1.45. The van der Waals surface area contributed by atoms with Crippen molar-refractivity contribution in [1.29, 1.82) is 0 Å². The Bertz CT molecular complexity index is 627. The smallest absolute Gasteiger partial charge is 0.321 e. The summed E-state index contributed by atoms with van der Waals surface area (Å²) in [5.41, 5.74) is 1.86. The molecule has 0 spiro atoms. The first-order chi connectivity index (χ1) is 8.16. The number of aromatic nitrogens is 1. The zero-order valence-electron chi connectivity index (χ0n) is 9.34. The molecule has 1 atom stereocenters. The Balaban J connectivity index is 2.20. The van der Waals surface area contributed by atoms with E-state index in [0.29, 0.717) is 0 Å². The van der Waals surface area contributed by atoms with Gasteiger partial charge in [0.05, 0.1) is 17.9 Å². The number of fused-ring (bicyclic) bond motifs is 1. The van der Waals surface area contributed by atoms with Gasteiger partial charge < -0.3 is 9.30 Å². The van der Waals surface area contributed by atoms with Gasteiger partial charge in [-0.1, -0.05) is 18.2 Å². The molecule has 1 aromatic carbocycles. The van der Waals surface area contributed by atoms with Gasteiger partial charge in [-0.05, 0) is 17.0 Å².